The van der Waals surface area contributed by atoms with Crippen LogP contribution in [-0.2, 0) is 21.6 Å². The third-order valence-corrected chi connectivity index (χ3v) is 5.25. The molecule has 1 heterocycles. The molecule has 1 amide bonds. The van der Waals surface area contributed by atoms with Gasteiger partial charge in [0.25, 0.3) is 5.91 Å². The van der Waals surface area contributed by atoms with E-state index in [0.717, 1.165) is 16.9 Å². The Hall–Kier alpha value is -2.05. The van der Waals surface area contributed by atoms with E-state index in [9.17, 15) is 9.59 Å². The van der Waals surface area contributed by atoms with Gasteiger partial charge in [-0.2, -0.15) is 11.8 Å². The van der Waals surface area contributed by atoms with Gasteiger partial charge in [0.15, 0.2) is 0 Å². The molecule has 0 aliphatic carbocycles. The first kappa shape index (κ1) is 23.2. The van der Waals surface area contributed by atoms with Crippen molar-refractivity contribution in [3.8, 4) is 0 Å². The molecule has 1 atom stereocenters. The lowest BCUT2D eigenvalue weighted by molar-refractivity contribution is -0.147. The Kier molecular flexibility index (Phi) is 8.53. The van der Waals surface area contributed by atoms with E-state index in [0.29, 0.717) is 17.1 Å². The fourth-order valence-corrected chi connectivity index (χ4v) is 3.18. The summed E-state index contributed by atoms with van der Waals surface area (Å²) in [4.78, 5) is 29.2. The fraction of sp³-hybridized carbons (Fsp3) is 0.409. The van der Waals surface area contributed by atoms with Gasteiger partial charge in [0.2, 0.25) is 0 Å². The molecule has 0 bridgehead atoms. The monoisotopic (exact) mass is 434 g/mol. The lowest BCUT2D eigenvalue weighted by Crippen LogP contribution is -2.42. The van der Waals surface area contributed by atoms with E-state index in [4.69, 9.17) is 16.3 Å². The van der Waals surface area contributed by atoms with Gasteiger partial charge in [0, 0.05) is 17.3 Å². The van der Waals surface area contributed by atoms with Crippen LogP contribution >= 0.6 is 23.4 Å². The Morgan fingerprint density at radius 3 is 2.41 bits per heavy atom. The Morgan fingerprint density at radius 1 is 1.17 bits per heavy atom. The van der Waals surface area contributed by atoms with Crippen molar-refractivity contribution in [2.45, 2.75) is 45.3 Å². The summed E-state index contributed by atoms with van der Waals surface area (Å²) in [5.41, 5.74) is 2.40. The van der Waals surface area contributed by atoms with Gasteiger partial charge >= 0.3 is 5.97 Å². The molecule has 0 aliphatic heterocycles. The SMILES string of the molecule is CSCCC(NC(=O)c1ccc(C(C)(C)C)cc1)C(=O)OCc1ccc(Cl)nc1. The number of amides is 1. The van der Waals surface area contributed by atoms with E-state index in [1.54, 1.807) is 42.2 Å². The van der Waals surface area contributed by atoms with Gasteiger partial charge in [-0.15, -0.1) is 0 Å². The summed E-state index contributed by atoms with van der Waals surface area (Å²) in [5.74, 6) is -0.0266. The molecule has 0 aliphatic rings. The Labute approximate surface area is 181 Å². The highest BCUT2D eigenvalue weighted by Gasteiger charge is 2.23. The Bertz CT molecular complexity index is 817. The van der Waals surface area contributed by atoms with Gasteiger partial charge in [0.05, 0.1) is 0 Å². The van der Waals surface area contributed by atoms with Crippen LogP contribution in [0.4, 0.5) is 0 Å². The number of esters is 1. The second-order valence-corrected chi connectivity index (χ2v) is 9.10. The summed E-state index contributed by atoms with van der Waals surface area (Å²) in [6.45, 7) is 6.43. The number of nitrogens with one attached hydrogen (secondary N) is 1. The molecular formula is C22H27ClN2O3S. The third-order valence-electron chi connectivity index (χ3n) is 4.38. The van der Waals surface area contributed by atoms with Gasteiger partial charge in [-0.25, -0.2) is 9.78 Å². The summed E-state index contributed by atoms with van der Waals surface area (Å²) in [6, 6.07) is 10.1. The summed E-state index contributed by atoms with van der Waals surface area (Å²) in [6.07, 6.45) is 4.00. The zero-order valence-electron chi connectivity index (χ0n) is 17.2. The van der Waals surface area contributed by atoms with Crippen LogP contribution < -0.4 is 5.32 Å². The Morgan fingerprint density at radius 2 is 1.86 bits per heavy atom. The van der Waals surface area contributed by atoms with Gasteiger partial charge < -0.3 is 10.1 Å². The second-order valence-electron chi connectivity index (χ2n) is 7.73. The number of pyridine rings is 1. The lowest BCUT2D eigenvalue weighted by Gasteiger charge is -2.20. The molecule has 5 nitrogen and oxygen atoms in total. The van der Waals surface area contributed by atoms with Crippen molar-refractivity contribution in [1.82, 2.24) is 10.3 Å². The summed E-state index contributed by atoms with van der Waals surface area (Å²) in [5, 5.41) is 3.19. The van der Waals surface area contributed by atoms with Crippen LogP contribution in [-0.4, -0.2) is 34.9 Å². The highest BCUT2D eigenvalue weighted by Crippen LogP contribution is 2.22. The molecule has 1 aromatic carbocycles. The third kappa shape index (κ3) is 7.37. The molecule has 2 rings (SSSR count). The fourth-order valence-electron chi connectivity index (χ4n) is 2.59. The molecule has 0 radical (unpaired) electrons. The van der Waals surface area contributed by atoms with Crippen molar-refractivity contribution in [3.05, 3.63) is 64.4 Å². The van der Waals surface area contributed by atoms with Gasteiger partial charge in [-0.05, 0) is 47.6 Å². The van der Waals surface area contributed by atoms with Crippen molar-refractivity contribution < 1.29 is 14.3 Å². The van der Waals surface area contributed by atoms with Crippen molar-refractivity contribution >= 4 is 35.2 Å². The molecular weight excluding hydrogens is 408 g/mol. The predicted octanol–water partition coefficient (Wildman–Crippen LogP) is 4.63. The first-order valence-electron chi connectivity index (χ1n) is 9.38. The summed E-state index contributed by atoms with van der Waals surface area (Å²) >= 11 is 7.37. The molecule has 156 valence electrons. The topological polar surface area (TPSA) is 68.3 Å². The zero-order valence-corrected chi connectivity index (χ0v) is 18.8. The first-order chi connectivity index (χ1) is 13.7. The normalized spacial score (nSPS) is 12.3. The quantitative estimate of drug-likeness (QED) is 0.484. The molecule has 29 heavy (non-hydrogen) atoms. The van der Waals surface area contributed by atoms with Gasteiger partial charge in [-0.1, -0.05) is 50.6 Å². The van der Waals surface area contributed by atoms with Crippen LogP contribution in [0.1, 0.15) is 48.7 Å². The first-order valence-corrected chi connectivity index (χ1v) is 11.2. The number of benzene rings is 1. The predicted molar refractivity (Wildman–Crippen MR) is 118 cm³/mol. The number of hydrogen-bond donors (Lipinski definition) is 1. The van der Waals surface area contributed by atoms with Crippen LogP contribution in [0.15, 0.2) is 42.6 Å². The molecule has 2 aromatic rings. The van der Waals surface area contributed by atoms with E-state index in [1.807, 2.05) is 18.4 Å². The van der Waals surface area contributed by atoms with E-state index in [1.165, 1.54) is 0 Å². The minimum Gasteiger partial charge on any atom is -0.459 e. The minimum atomic E-state index is -0.711. The van der Waals surface area contributed by atoms with E-state index < -0.39 is 12.0 Å². The number of hydrogen-bond acceptors (Lipinski definition) is 5. The van der Waals surface area contributed by atoms with Gasteiger partial charge in [0.1, 0.15) is 17.8 Å². The number of carbonyl (C=O) groups is 2. The summed E-state index contributed by atoms with van der Waals surface area (Å²) < 4.78 is 5.38. The molecule has 1 N–H and O–H groups in total. The average molecular weight is 435 g/mol. The van der Waals surface area contributed by atoms with Crippen molar-refractivity contribution in [2.24, 2.45) is 0 Å². The van der Waals surface area contributed by atoms with Crippen molar-refractivity contribution in [3.63, 3.8) is 0 Å². The van der Waals surface area contributed by atoms with Crippen molar-refractivity contribution in [1.29, 1.82) is 0 Å². The number of nitrogens with zero attached hydrogens (tertiary/aromatic N) is 1. The molecule has 0 fully saturated rings. The number of thioether (sulfide) groups is 1. The molecule has 0 spiro atoms. The maximum Gasteiger partial charge on any atom is 0.329 e. The maximum atomic E-state index is 12.6. The van der Waals surface area contributed by atoms with Crippen molar-refractivity contribution in [2.75, 3.05) is 12.0 Å². The van der Waals surface area contributed by atoms with Crippen LogP contribution in [0.5, 0.6) is 0 Å². The molecule has 1 aromatic heterocycles. The number of ether oxygens (including phenoxy) is 1. The Balaban J connectivity index is 2.01. The largest absolute Gasteiger partial charge is 0.459 e. The van der Waals surface area contributed by atoms with E-state index in [2.05, 4.69) is 31.1 Å². The van der Waals surface area contributed by atoms with E-state index in [-0.39, 0.29) is 17.9 Å². The second kappa shape index (κ2) is 10.6. The van der Waals surface area contributed by atoms with E-state index >= 15 is 0 Å². The lowest BCUT2D eigenvalue weighted by atomic mass is 9.86. The van der Waals surface area contributed by atoms with Crippen LogP contribution in [0.25, 0.3) is 0 Å². The maximum absolute atomic E-state index is 12.6. The zero-order chi connectivity index (χ0) is 21.4. The number of carbonyl (C=O) groups excluding carboxylic acids is 2. The number of halogens is 1. The van der Waals surface area contributed by atoms with Crippen LogP contribution in [0.3, 0.4) is 0 Å². The summed E-state index contributed by atoms with van der Waals surface area (Å²) in [7, 11) is 0. The molecule has 7 heteroatoms. The number of aromatic nitrogens is 1. The highest BCUT2D eigenvalue weighted by atomic mass is 35.5. The van der Waals surface area contributed by atoms with Gasteiger partial charge in [-0.3, -0.25) is 4.79 Å². The molecule has 1 unspecified atom stereocenters. The number of rotatable bonds is 8. The molecule has 0 saturated carbocycles. The van der Waals surface area contributed by atoms with Crippen LogP contribution in [0, 0.1) is 0 Å². The average Bonchev–Trinajstić information content (AvgIpc) is 2.69. The standard InChI is InChI=1S/C22H27ClN2O3S/c1-22(2,3)17-8-6-16(7-9-17)20(26)25-18(11-12-29-4)21(27)28-14-15-5-10-19(23)24-13-15/h5-10,13,18H,11-12,14H2,1-4H3,(H,25,26). The minimum absolute atomic E-state index is 0.0101. The highest BCUT2D eigenvalue weighted by molar-refractivity contribution is 7.98. The van der Waals surface area contributed by atoms with Crippen LogP contribution in [0.2, 0.25) is 5.15 Å². The molecule has 0 saturated heterocycles. The smallest absolute Gasteiger partial charge is 0.329 e.